The van der Waals surface area contributed by atoms with Gasteiger partial charge in [0.15, 0.2) is 5.65 Å². The summed E-state index contributed by atoms with van der Waals surface area (Å²) in [5.74, 6) is -0.127. The molecular weight excluding hydrogens is 316 g/mol. The minimum Gasteiger partial charge on any atom is -0.348 e. The molecule has 0 aromatic carbocycles. The first kappa shape index (κ1) is 15.7. The van der Waals surface area contributed by atoms with Crippen LogP contribution in [0.1, 0.15) is 28.9 Å². The predicted molar refractivity (Wildman–Crippen MR) is 93.9 cm³/mol. The number of nitrogens with zero attached hydrogens (tertiary/aromatic N) is 4. The molecule has 0 bridgehead atoms. The van der Waals surface area contributed by atoms with E-state index in [0.29, 0.717) is 11.3 Å². The number of likely N-dealkylation sites (tertiary alicyclic amines) is 1. The van der Waals surface area contributed by atoms with Crippen LogP contribution in [0.25, 0.3) is 11.2 Å². The molecule has 0 saturated carbocycles. The number of H-pyrrole nitrogens is 1. The Morgan fingerprint density at radius 3 is 2.80 bits per heavy atom. The first-order valence-electron chi connectivity index (χ1n) is 8.50. The zero-order valence-electron chi connectivity index (χ0n) is 13.9. The van der Waals surface area contributed by atoms with Gasteiger partial charge in [-0.15, -0.1) is 0 Å². The molecule has 4 rings (SSSR count). The molecule has 0 atom stereocenters. The van der Waals surface area contributed by atoms with Crippen molar-refractivity contribution in [3.8, 4) is 0 Å². The van der Waals surface area contributed by atoms with Crippen molar-refractivity contribution in [1.29, 1.82) is 0 Å². The summed E-state index contributed by atoms with van der Waals surface area (Å²) in [5, 5.41) is 3.10. The van der Waals surface area contributed by atoms with Gasteiger partial charge in [-0.2, -0.15) is 0 Å². The zero-order chi connectivity index (χ0) is 17.1. The molecule has 1 fully saturated rings. The lowest BCUT2D eigenvalue weighted by Gasteiger charge is -2.32. The van der Waals surface area contributed by atoms with Gasteiger partial charge in [-0.05, 0) is 42.7 Å². The van der Waals surface area contributed by atoms with Gasteiger partial charge in [0.05, 0.1) is 11.8 Å². The van der Waals surface area contributed by atoms with Crippen LogP contribution in [0, 0.1) is 0 Å². The molecule has 0 aliphatic carbocycles. The van der Waals surface area contributed by atoms with Gasteiger partial charge in [0, 0.05) is 38.1 Å². The van der Waals surface area contributed by atoms with E-state index in [9.17, 15) is 4.79 Å². The molecule has 1 aliphatic rings. The maximum atomic E-state index is 12.4. The predicted octanol–water partition coefficient (Wildman–Crippen LogP) is 1.75. The maximum absolute atomic E-state index is 12.4. The van der Waals surface area contributed by atoms with Crippen LogP contribution in [0.2, 0.25) is 0 Å². The largest absolute Gasteiger partial charge is 0.348 e. The van der Waals surface area contributed by atoms with Gasteiger partial charge in [-0.1, -0.05) is 0 Å². The highest BCUT2D eigenvalue weighted by atomic mass is 16.1. The van der Waals surface area contributed by atoms with Crippen molar-refractivity contribution in [3.63, 3.8) is 0 Å². The minimum absolute atomic E-state index is 0.127. The van der Waals surface area contributed by atoms with E-state index >= 15 is 0 Å². The van der Waals surface area contributed by atoms with Crippen LogP contribution in [-0.2, 0) is 6.54 Å². The number of piperidine rings is 1. The van der Waals surface area contributed by atoms with Gasteiger partial charge >= 0.3 is 0 Å². The van der Waals surface area contributed by atoms with Crippen LogP contribution in [-0.4, -0.2) is 49.9 Å². The summed E-state index contributed by atoms with van der Waals surface area (Å²) in [6.45, 7) is 2.87. The van der Waals surface area contributed by atoms with E-state index in [2.05, 4.69) is 30.2 Å². The van der Waals surface area contributed by atoms with Gasteiger partial charge < -0.3 is 10.3 Å². The number of hydrogen-bond donors (Lipinski definition) is 2. The average Bonchev–Trinajstić information content (AvgIpc) is 3.12. The van der Waals surface area contributed by atoms with Crippen LogP contribution in [0.15, 0.2) is 43.0 Å². The number of carbonyl (C=O) groups excluding carboxylic acids is 1. The van der Waals surface area contributed by atoms with Gasteiger partial charge in [0.25, 0.3) is 5.91 Å². The molecule has 3 aromatic heterocycles. The van der Waals surface area contributed by atoms with Crippen molar-refractivity contribution in [2.45, 2.75) is 25.4 Å². The number of imidazole rings is 1. The minimum atomic E-state index is -0.127. The van der Waals surface area contributed by atoms with E-state index in [1.54, 1.807) is 12.4 Å². The first-order valence-corrected chi connectivity index (χ1v) is 8.50. The molecule has 25 heavy (non-hydrogen) atoms. The van der Waals surface area contributed by atoms with E-state index in [1.165, 1.54) is 5.56 Å². The van der Waals surface area contributed by atoms with E-state index in [-0.39, 0.29) is 11.9 Å². The van der Waals surface area contributed by atoms with Crippen molar-refractivity contribution in [1.82, 2.24) is 30.2 Å². The molecule has 0 radical (unpaired) electrons. The third-order valence-corrected chi connectivity index (χ3v) is 4.59. The van der Waals surface area contributed by atoms with Crippen molar-refractivity contribution in [2.24, 2.45) is 0 Å². The molecular formula is C18H20N6O. The second kappa shape index (κ2) is 6.98. The third-order valence-electron chi connectivity index (χ3n) is 4.59. The van der Waals surface area contributed by atoms with Crippen LogP contribution in [0.4, 0.5) is 0 Å². The molecule has 0 unspecified atom stereocenters. The highest BCUT2D eigenvalue weighted by Crippen LogP contribution is 2.14. The molecule has 1 saturated heterocycles. The number of hydrogen-bond acceptors (Lipinski definition) is 5. The lowest BCUT2D eigenvalue weighted by molar-refractivity contribution is 0.0904. The lowest BCUT2D eigenvalue weighted by Crippen LogP contribution is -2.44. The summed E-state index contributed by atoms with van der Waals surface area (Å²) in [7, 11) is 0. The van der Waals surface area contributed by atoms with Crippen molar-refractivity contribution < 1.29 is 4.79 Å². The number of pyridine rings is 2. The number of aromatic nitrogens is 4. The Morgan fingerprint density at radius 2 is 2.00 bits per heavy atom. The van der Waals surface area contributed by atoms with Crippen LogP contribution in [0.3, 0.4) is 0 Å². The average molecular weight is 336 g/mol. The quantitative estimate of drug-likeness (QED) is 0.758. The molecule has 128 valence electrons. The zero-order valence-corrected chi connectivity index (χ0v) is 13.9. The number of carbonyl (C=O) groups is 1. The van der Waals surface area contributed by atoms with Crippen molar-refractivity contribution in [2.75, 3.05) is 13.1 Å². The molecule has 3 aromatic rings. The maximum Gasteiger partial charge on any atom is 0.270 e. The molecule has 4 heterocycles. The number of amides is 1. The van der Waals surface area contributed by atoms with Crippen molar-refractivity contribution >= 4 is 17.1 Å². The van der Waals surface area contributed by atoms with Gasteiger partial charge in [-0.3, -0.25) is 14.7 Å². The fourth-order valence-electron chi connectivity index (χ4n) is 3.19. The topological polar surface area (TPSA) is 86.8 Å². The van der Waals surface area contributed by atoms with Gasteiger partial charge in [0.2, 0.25) is 0 Å². The molecule has 7 heteroatoms. The Morgan fingerprint density at radius 1 is 1.20 bits per heavy atom. The lowest BCUT2D eigenvalue weighted by atomic mass is 10.0. The fraction of sp³-hybridized carbons (Fsp3) is 0.333. The molecule has 1 amide bonds. The normalized spacial score (nSPS) is 16.2. The molecule has 0 spiro atoms. The Kier molecular flexibility index (Phi) is 4.39. The van der Waals surface area contributed by atoms with Crippen LogP contribution < -0.4 is 5.32 Å². The highest BCUT2D eigenvalue weighted by molar-refractivity contribution is 5.94. The Labute approximate surface area is 145 Å². The van der Waals surface area contributed by atoms with Gasteiger partial charge in [-0.25, -0.2) is 9.97 Å². The summed E-state index contributed by atoms with van der Waals surface area (Å²) >= 11 is 0. The number of aromatic amines is 1. The Hall–Kier alpha value is -2.80. The third kappa shape index (κ3) is 3.66. The van der Waals surface area contributed by atoms with Crippen LogP contribution >= 0.6 is 0 Å². The second-order valence-corrected chi connectivity index (χ2v) is 6.35. The smallest absolute Gasteiger partial charge is 0.270 e. The monoisotopic (exact) mass is 336 g/mol. The Balaban J connectivity index is 1.31. The number of rotatable bonds is 4. The van der Waals surface area contributed by atoms with Crippen LogP contribution in [0.5, 0.6) is 0 Å². The number of fused-ring (bicyclic) bond motifs is 1. The van der Waals surface area contributed by atoms with Crippen molar-refractivity contribution in [3.05, 3.63) is 54.2 Å². The van der Waals surface area contributed by atoms with E-state index in [1.807, 2.05) is 30.6 Å². The SMILES string of the molecule is O=C(NC1CCN(Cc2ccncc2)CC1)c1ccc2[nH]cnc2n1. The fourth-order valence-corrected chi connectivity index (χ4v) is 3.19. The standard InChI is InChI=1S/C18H20N6O/c25-18(16-2-1-15-17(23-16)21-12-20-15)22-14-5-9-24(10-6-14)11-13-3-7-19-8-4-13/h1-4,7-8,12,14H,5-6,9-11H2,(H,22,25)(H,20,21,23). The highest BCUT2D eigenvalue weighted by Gasteiger charge is 2.21. The summed E-state index contributed by atoms with van der Waals surface area (Å²) < 4.78 is 0. The number of nitrogens with one attached hydrogen (secondary N) is 2. The summed E-state index contributed by atoms with van der Waals surface area (Å²) in [4.78, 5) is 30.3. The van der Waals surface area contributed by atoms with E-state index < -0.39 is 0 Å². The van der Waals surface area contributed by atoms with E-state index in [4.69, 9.17) is 0 Å². The Bertz CT molecular complexity index is 854. The van der Waals surface area contributed by atoms with E-state index in [0.717, 1.165) is 38.0 Å². The first-order chi connectivity index (χ1) is 12.3. The summed E-state index contributed by atoms with van der Waals surface area (Å²) in [6, 6.07) is 7.85. The molecule has 1 aliphatic heterocycles. The van der Waals surface area contributed by atoms with Gasteiger partial charge in [0.1, 0.15) is 5.69 Å². The molecule has 2 N–H and O–H groups in total. The second-order valence-electron chi connectivity index (χ2n) is 6.35. The summed E-state index contributed by atoms with van der Waals surface area (Å²) in [5.41, 5.74) is 3.09. The summed E-state index contributed by atoms with van der Waals surface area (Å²) in [6.07, 6.45) is 7.12. The molecule has 7 nitrogen and oxygen atoms in total.